The van der Waals surface area contributed by atoms with Gasteiger partial charge in [-0.05, 0) is 32.3 Å². The summed E-state index contributed by atoms with van der Waals surface area (Å²) in [5.74, 6) is 1.00. The molecule has 1 aromatic carbocycles. The van der Waals surface area contributed by atoms with E-state index in [1.807, 2.05) is 6.07 Å². The van der Waals surface area contributed by atoms with E-state index in [-0.39, 0.29) is 11.0 Å². The van der Waals surface area contributed by atoms with Gasteiger partial charge in [0, 0.05) is 24.0 Å². The fourth-order valence-electron chi connectivity index (χ4n) is 3.57. The van der Waals surface area contributed by atoms with Crippen molar-refractivity contribution in [1.29, 1.82) is 0 Å². The molecule has 20 heavy (non-hydrogen) atoms. The molecule has 1 aliphatic heterocycles. The predicted octanol–water partition coefficient (Wildman–Crippen LogP) is 2.54. The summed E-state index contributed by atoms with van der Waals surface area (Å²) in [6, 6.07) is 8.44. The molecule has 0 unspecified atom stereocenters. The van der Waals surface area contributed by atoms with Crippen molar-refractivity contribution in [2.24, 2.45) is 0 Å². The van der Waals surface area contributed by atoms with Crippen molar-refractivity contribution in [3.63, 3.8) is 0 Å². The van der Waals surface area contributed by atoms with Crippen LogP contribution in [-0.2, 0) is 10.2 Å². The molecule has 1 aromatic rings. The Kier molecular flexibility index (Phi) is 4.71. The molecule has 0 aromatic heterocycles. The van der Waals surface area contributed by atoms with E-state index in [2.05, 4.69) is 37.8 Å². The molecule has 3 nitrogen and oxygen atoms in total. The lowest BCUT2D eigenvalue weighted by Gasteiger charge is -2.46. The van der Waals surface area contributed by atoms with E-state index in [0.717, 1.165) is 44.6 Å². The van der Waals surface area contributed by atoms with Crippen molar-refractivity contribution in [3.05, 3.63) is 29.8 Å². The maximum absolute atomic E-state index is 6.05. The first-order chi connectivity index (χ1) is 9.59. The van der Waals surface area contributed by atoms with Crippen molar-refractivity contribution in [2.75, 3.05) is 20.3 Å². The Morgan fingerprint density at radius 3 is 2.75 bits per heavy atom. The summed E-state index contributed by atoms with van der Waals surface area (Å²) in [7, 11) is 1.76. The summed E-state index contributed by atoms with van der Waals surface area (Å²) < 4.78 is 11.7. The van der Waals surface area contributed by atoms with Crippen LogP contribution in [0.4, 0.5) is 0 Å². The van der Waals surface area contributed by atoms with Gasteiger partial charge in [-0.3, -0.25) is 0 Å². The average molecular weight is 278 g/mol. The molecule has 0 amide bonds. The largest absolute Gasteiger partial charge is 0.496 e. The Balaban J connectivity index is 2.43. The first kappa shape index (κ1) is 15.3. The summed E-state index contributed by atoms with van der Waals surface area (Å²) in [4.78, 5) is 0. The molecule has 0 aliphatic carbocycles. The first-order valence-electron chi connectivity index (χ1n) is 7.66. The highest BCUT2D eigenvalue weighted by molar-refractivity contribution is 5.40. The monoisotopic (exact) mass is 278 g/mol. The zero-order chi connectivity index (χ0) is 14.6. The first-order valence-corrected chi connectivity index (χ1v) is 7.66. The van der Waals surface area contributed by atoms with Crippen LogP contribution in [0.1, 0.15) is 45.1 Å². The number of benzene rings is 1. The van der Waals surface area contributed by atoms with Crippen LogP contribution in [0.15, 0.2) is 24.3 Å². The third kappa shape index (κ3) is 2.84. The fraction of sp³-hybridized carbons (Fsp3) is 0.647. The number of para-hydroxylation sites is 1. The second-order valence-electron chi connectivity index (χ2n) is 6.16. The highest BCUT2D eigenvalue weighted by Gasteiger charge is 2.44. The normalized spacial score (nSPS) is 30.2. The lowest BCUT2D eigenvalue weighted by Crippen LogP contribution is -2.55. The molecule has 0 radical (unpaired) electrons. The predicted molar refractivity (Wildman–Crippen MR) is 80.9 cm³/mol. The number of hydrogen-bond acceptors (Lipinski definition) is 2. The highest BCUT2D eigenvalue weighted by atomic mass is 16.5. The van der Waals surface area contributed by atoms with E-state index in [1.165, 1.54) is 5.56 Å². The summed E-state index contributed by atoms with van der Waals surface area (Å²) in [5, 5.41) is 0. The molecular weight excluding hydrogens is 250 g/mol. The maximum Gasteiger partial charge on any atom is 0.122 e. The van der Waals surface area contributed by atoms with Gasteiger partial charge < -0.3 is 15.2 Å². The minimum absolute atomic E-state index is 0.0335. The zero-order valence-corrected chi connectivity index (χ0v) is 13.1. The molecule has 1 aliphatic rings. The van der Waals surface area contributed by atoms with E-state index < -0.39 is 0 Å². The molecule has 2 rings (SSSR count). The van der Waals surface area contributed by atoms with Crippen LogP contribution in [0.2, 0.25) is 0 Å². The minimum Gasteiger partial charge on any atom is -0.496 e. The molecule has 3 heteroatoms. The minimum atomic E-state index is -0.0335. The van der Waals surface area contributed by atoms with Crippen LogP contribution in [-0.4, -0.2) is 25.9 Å². The van der Waals surface area contributed by atoms with Gasteiger partial charge in [-0.25, -0.2) is 0 Å². The molecule has 3 N–H and O–H groups in total. The average Bonchev–Trinajstić information content (AvgIpc) is 2.47. The Morgan fingerprint density at radius 1 is 1.35 bits per heavy atom. The molecule has 1 saturated heterocycles. The van der Waals surface area contributed by atoms with E-state index in [9.17, 15) is 0 Å². The highest BCUT2D eigenvalue weighted by Crippen LogP contribution is 2.47. The second kappa shape index (κ2) is 6.15. The second-order valence-corrected chi connectivity index (χ2v) is 6.16. The van der Waals surface area contributed by atoms with Crippen molar-refractivity contribution in [3.8, 4) is 5.75 Å². The SMILES string of the molecule is CC[C@@]1(C)C[C@@](CC[NH3+])(c2ccccc2OC)CCO1. The van der Waals surface area contributed by atoms with Crippen LogP contribution in [0.25, 0.3) is 0 Å². The summed E-state index contributed by atoms with van der Waals surface area (Å²) in [5.41, 5.74) is 5.53. The van der Waals surface area contributed by atoms with Gasteiger partial charge in [-0.15, -0.1) is 0 Å². The number of methoxy groups -OCH3 is 1. The molecule has 112 valence electrons. The molecule has 1 fully saturated rings. The summed E-state index contributed by atoms with van der Waals surface area (Å²) in [6.45, 7) is 6.21. The Morgan fingerprint density at radius 2 is 2.10 bits per heavy atom. The lowest BCUT2D eigenvalue weighted by atomic mass is 9.66. The van der Waals surface area contributed by atoms with Gasteiger partial charge in [0.1, 0.15) is 5.75 Å². The molecule has 0 saturated carbocycles. The Hall–Kier alpha value is -1.06. The standard InChI is InChI=1S/C17H27NO2/c1-4-16(2)13-17(9-11-18,10-12-20-16)14-7-5-6-8-15(14)19-3/h5-8H,4,9-13,18H2,1-3H3/p+1/t16-,17-/m0/s1. The fourth-order valence-corrected chi connectivity index (χ4v) is 3.57. The van der Waals surface area contributed by atoms with Gasteiger partial charge in [0.25, 0.3) is 0 Å². The van der Waals surface area contributed by atoms with Crippen LogP contribution in [0.5, 0.6) is 5.75 Å². The van der Waals surface area contributed by atoms with Crippen molar-refractivity contribution in [2.45, 2.75) is 50.5 Å². The van der Waals surface area contributed by atoms with Gasteiger partial charge in [-0.2, -0.15) is 0 Å². The van der Waals surface area contributed by atoms with Gasteiger partial charge in [0.15, 0.2) is 0 Å². The van der Waals surface area contributed by atoms with E-state index in [0.29, 0.717) is 0 Å². The number of ether oxygens (including phenoxy) is 2. The smallest absolute Gasteiger partial charge is 0.122 e. The third-order valence-corrected chi connectivity index (χ3v) is 4.83. The van der Waals surface area contributed by atoms with Gasteiger partial charge in [0.2, 0.25) is 0 Å². The van der Waals surface area contributed by atoms with Crippen molar-refractivity contribution < 1.29 is 15.2 Å². The lowest BCUT2D eigenvalue weighted by molar-refractivity contribution is -0.372. The molecular formula is C17H28NO2+. The van der Waals surface area contributed by atoms with Crippen molar-refractivity contribution in [1.82, 2.24) is 0 Å². The number of hydrogen-bond donors (Lipinski definition) is 1. The van der Waals surface area contributed by atoms with Crippen molar-refractivity contribution >= 4 is 0 Å². The van der Waals surface area contributed by atoms with E-state index in [1.54, 1.807) is 7.11 Å². The van der Waals surface area contributed by atoms with Crippen LogP contribution in [0.3, 0.4) is 0 Å². The van der Waals surface area contributed by atoms with E-state index in [4.69, 9.17) is 9.47 Å². The quantitative estimate of drug-likeness (QED) is 0.899. The summed E-state index contributed by atoms with van der Waals surface area (Å²) >= 11 is 0. The van der Waals surface area contributed by atoms with Gasteiger partial charge in [-0.1, -0.05) is 25.1 Å². The third-order valence-electron chi connectivity index (χ3n) is 4.83. The summed E-state index contributed by atoms with van der Waals surface area (Å²) in [6.07, 6.45) is 4.23. The van der Waals surface area contributed by atoms with Gasteiger partial charge >= 0.3 is 0 Å². The Bertz CT molecular complexity index is 444. The maximum atomic E-state index is 6.05. The Labute approximate surface area is 122 Å². The molecule has 0 spiro atoms. The van der Waals surface area contributed by atoms with Gasteiger partial charge in [0.05, 0.1) is 19.3 Å². The topological polar surface area (TPSA) is 46.1 Å². The van der Waals surface area contributed by atoms with E-state index >= 15 is 0 Å². The number of rotatable bonds is 5. The van der Waals surface area contributed by atoms with Crippen LogP contribution >= 0.6 is 0 Å². The zero-order valence-electron chi connectivity index (χ0n) is 13.1. The molecule has 2 atom stereocenters. The van der Waals surface area contributed by atoms with Crippen LogP contribution in [0, 0.1) is 0 Å². The molecule has 1 heterocycles. The molecule has 0 bridgehead atoms. The number of quaternary nitrogens is 1. The van der Waals surface area contributed by atoms with Crippen LogP contribution < -0.4 is 10.5 Å².